The van der Waals surface area contributed by atoms with Gasteiger partial charge in [-0.3, -0.25) is 9.89 Å². The molecule has 0 unspecified atom stereocenters. The van der Waals surface area contributed by atoms with Gasteiger partial charge in [0.05, 0.1) is 36.8 Å². The van der Waals surface area contributed by atoms with Gasteiger partial charge in [-0.05, 0) is 30.7 Å². The van der Waals surface area contributed by atoms with Gasteiger partial charge in [-0.25, -0.2) is 9.78 Å². The number of aromatic nitrogens is 4. The minimum Gasteiger partial charge on any atom is -0.465 e. The number of H-pyrrole nitrogens is 1. The number of rotatable bonds is 5. The van der Waals surface area contributed by atoms with Crippen molar-refractivity contribution in [3.63, 3.8) is 0 Å². The van der Waals surface area contributed by atoms with E-state index in [0.29, 0.717) is 17.8 Å². The molecule has 0 aliphatic rings. The van der Waals surface area contributed by atoms with E-state index in [1.807, 2.05) is 41.4 Å². The predicted octanol–water partition coefficient (Wildman–Crippen LogP) is 3.98. The third kappa shape index (κ3) is 5.26. The Morgan fingerprint density at radius 1 is 1.31 bits per heavy atom. The zero-order valence-electron chi connectivity index (χ0n) is 16.0. The molecule has 0 atom stereocenters. The molecule has 3 aromatic heterocycles. The van der Waals surface area contributed by atoms with Crippen LogP contribution < -0.4 is 0 Å². The number of nitrogens with one attached hydrogen (secondary N) is 1. The quantitative estimate of drug-likeness (QED) is 0.398. The number of thiazole rings is 1. The second kappa shape index (κ2) is 9.61. The first kappa shape index (κ1) is 20.2. The maximum atomic E-state index is 11.0. The van der Waals surface area contributed by atoms with E-state index in [1.54, 1.807) is 41.8 Å². The molecular weight excluding hydrogens is 388 g/mol. The Morgan fingerprint density at radius 2 is 2.10 bits per heavy atom. The molecule has 4 aromatic rings. The number of methoxy groups -OCH3 is 1. The molecule has 0 aliphatic carbocycles. The molecular formula is C21H20N4O3S. The Morgan fingerprint density at radius 3 is 2.76 bits per heavy atom. The van der Waals surface area contributed by atoms with Crippen LogP contribution in [-0.2, 0) is 11.3 Å². The number of aryl methyl sites for hydroxylation is 1. The molecule has 148 valence electrons. The number of hydrogen-bond acceptors (Lipinski definition) is 6. The van der Waals surface area contributed by atoms with Crippen molar-refractivity contribution in [2.75, 3.05) is 7.11 Å². The van der Waals surface area contributed by atoms with E-state index in [2.05, 4.69) is 19.9 Å². The van der Waals surface area contributed by atoms with Gasteiger partial charge in [-0.15, -0.1) is 11.3 Å². The molecule has 7 nitrogen and oxygen atoms in total. The summed E-state index contributed by atoms with van der Waals surface area (Å²) in [6.07, 6.45) is 6.40. The number of benzene rings is 1. The number of carbonyl (C=O) groups excluding carboxylic acids is 2. The highest BCUT2D eigenvalue weighted by atomic mass is 32.1. The SMILES string of the molecule is COC(=O)c1ccccc1.Cc1cc(C=O)n(Cc2csc(-c3cn[nH]c3)n2)c1. The van der Waals surface area contributed by atoms with Crippen LogP contribution in [0.25, 0.3) is 10.6 Å². The van der Waals surface area contributed by atoms with Crippen molar-refractivity contribution in [2.24, 2.45) is 0 Å². The van der Waals surface area contributed by atoms with E-state index < -0.39 is 0 Å². The second-order valence-electron chi connectivity index (χ2n) is 6.18. The predicted molar refractivity (Wildman–Crippen MR) is 111 cm³/mol. The topological polar surface area (TPSA) is 89.9 Å². The number of nitrogens with zero attached hydrogens (tertiary/aromatic N) is 3. The van der Waals surface area contributed by atoms with Gasteiger partial charge in [0.2, 0.25) is 0 Å². The first-order valence-corrected chi connectivity index (χ1v) is 9.67. The number of aromatic amines is 1. The van der Waals surface area contributed by atoms with Crippen LogP contribution in [0.4, 0.5) is 0 Å². The first-order valence-electron chi connectivity index (χ1n) is 8.79. The highest BCUT2D eigenvalue weighted by Gasteiger charge is 2.08. The second-order valence-corrected chi connectivity index (χ2v) is 7.03. The van der Waals surface area contributed by atoms with Gasteiger partial charge in [0.15, 0.2) is 6.29 Å². The lowest BCUT2D eigenvalue weighted by atomic mass is 10.2. The molecule has 0 amide bonds. The lowest BCUT2D eigenvalue weighted by molar-refractivity contribution is 0.0600. The Labute approximate surface area is 172 Å². The summed E-state index contributed by atoms with van der Waals surface area (Å²) in [4.78, 5) is 26.3. The summed E-state index contributed by atoms with van der Waals surface area (Å²) in [5.74, 6) is -0.291. The molecule has 29 heavy (non-hydrogen) atoms. The van der Waals surface area contributed by atoms with Gasteiger partial charge in [0.25, 0.3) is 0 Å². The van der Waals surface area contributed by atoms with Gasteiger partial charge in [-0.2, -0.15) is 5.10 Å². The maximum absolute atomic E-state index is 11.0. The lowest BCUT2D eigenvalue weighted by Crippen LogP contribution is -2.02. The van der Waals surface area contributed by atoms with Crippen LogP contribution in [-0.4, -0.2) is 39.1 Å². The Bertz CT molecular complexity index is 1070. The Hall–Kier alpha value is -3.52. The average molecular weight is 408 g/mol. The summed E-state index contributed by atoms with van der Waals surface area (Å²) in [7, 11) is 1.37. The van der Waals surface area contributed by atoms with Crippen molar-refractivity contribution in [1.82, 2.24) is 19.7 Å². The molecule has 1 N–H and O–H groups in total. The minimum absolute atomic E-state index is 0.291. The van der Waals surface area contributed by atoms with E-state index in [0.717, 1.165) is 28.1 Å². The van der Waals surface area contributed by atoms with Crippen LogP contribution in [0.1, 0.15) is 32.1 Å². The van der Waals surface area contributed by atoms with Gasteiger partial charge in [0.1, 0.15) is 5.01 Å². The Kier molecular flexibility index (Phi) is 6.70. The fraction of sp³-hybridized carbons (Fsp3) is 0.143. The van der Waals surface area contributed by atoms with Crippen LogP contribution in [0, 0.1) is 6.92 Å². The molecule has 0 saturated carbocycles. The molecule has 3 heterocycles. The standard InChI is InChI=1S/C13H12N4OS.C8H8O2/c1-9-2-12(7-18)17(5-9)6-11-8-19-13(16-11)10-3-14-15-4-10;1-10-8(9)7-5-3-2-4-6-7/h2-5,7-8H,6H2,1H3,(H,14,15);2-6H,1H3. The number of aldehydes is 1. The third-order valence-electron chi connectivity index (χ3n) is 4.01. The highest BCUT2D eigenvalue weighted by Crippen LogP contribution is 2.23. The van der Waals surface area contributed by atoms with Crippen LogP contribution >= 0.6 is 11.3 Å². The van der Waals surface area contributed by atoms with E-state index in [-0.39, 0.29) is 5.97 Å². The minimum atomic E-state index is -0.291. The number of esters is 1. The van der Waals surface area contributed by atoms with E-state index in [9.17, 15) is 9.59 Å². The molecule has 0 bridgehead atoms. The van der Waals surface area contributed by atoms with Crippen molar-refractivity contribution >= 4 is 23.6 Å². The van der Waals surface area contributed by atoms with Crippen LogP contribution in [0.5, 0.6) is 0 Å². The molecule has 4 rings (SSSR count). The molecule has 0 saturated heterocycles. The van der Waals surface area contributed by atoms with E-state index >= 15 is 0 Å². The summed E-state index contributed by atoms with van der Waals surface area (Å²) >= 11 is 1.57. The van der Waals surface area contributed by atoms with Gasteiger partial charge >= 0.3 is 5.97 Å². The van der Waals surface area contributed by atoms with Crippen molar-refractivity contribution < 1.29 is 14.3 Å². The highest BCUT2D eigenvalue weighted by molar-refractivity contribution is 7.13. The summed E-state index contributed by atoms with van der Waals surface area (Å²) in [5.41, 5.74) is 4.27. The van der Waals surface area contributed by atoms with Crippen LogP contribution in [0.3, 0.4) is 0 Å². The van der Waals surface area contributed by atoms with Crippen molar-refractivity contribution in [2.45, 2.75) is 13.5 Å². The number of hydrogen-bond donors (Lipinski definition) is 1. The lowest BCUT2D eigenvalue weighted by Gasteiger charge is -2.01. The number of ether oxygens (including phenoxy) is 1. The van der Waals surface area contributed by atoms with E-state index in [1.165, 1.54) is 7.11 Å². The van der Waals surface area contributed by atoms with Crippen molar-refractivity contribution in [3.8, 4) is 10.6 Å². The zero-order chi connectivity index (χ0) is 20.6. The monoisotopic (exact) mass is 408 g/mol. The first-order chi connectivity index (χ1) is 14.1. The normalized spacial score (nSPS) is 10.1. The summed E-state index contributed by atoms with van der Waals surface area (Å²) in [6.45, 7) is 2.58. The van der Waals surface area contributed by atoms with Crippen LogP contribution in [0.2, 0.25) is 0 Å². The van der Waals surface area contributed by atoms with Crippen LogP contribution in [0.15, 0.2) is 60.4 Å². The fourth-order valence-electron chi connectivity index (χ4n) is 2.66. The van der Waals surface area contributed by atoms with Crippen molar-refractivity contribution in [1.29, 1.82) is 0 Å². The van der Waals surface area contributed by atoms with Crippen molar-refractivity contribution in [3.05, 3.63) is 82.9 Å². The summed E-state index contributed by atoms with van der Waals surface area (Å²) in [5, 5.41) is 9.62. The molecule has 1 aromatic carbocycles. The summed E-state index contributed by atoms with van der Waals surface area (Å²) in [6, 6.07) is 10.7. The fourth-order valence-corrected chi connectivity index (χ4v) is 3.45. The number of carbonyl (C=O) groups is 2. The molecule has 0 fully saturated rings. The summed E-state index contributed by atoms with van der Waals surface area (Å²) < 4.78 is 6.41. The Balaban J connectivity index is 0.000000204. The van der Waals surface area contributed by atoms with Gasteiger partial charge in [-0.1, -0.05) is 18.2 Å². The zero-order valence-corrected chi connectivity index (χ0v) is 16.8. The van der Waals surface area contributed by atoms with Gasteiger partial charge in [0, 0.05) is 23.3 Å². The smallest absolute Gasteiger partial charge is 0.337 e. The largest absolute Gasteiger partial charge is 0.465 e. The average Bonchev–Trinajstić information content (AvgIpc) is 3.50. The third-order valence-corrected chi connectivity index (χ3v) is 4.95. The molecule has 0 radical (unpaired) electrons. The van der Waals surface area contributed by atoms with E-state index in [4.69, 9.17) is 0 Å². The van der Waals surface area contributed by atoms with Gasteiger partial charge < -0.3 is 9.30 Å². The molecule has 8 heteroatoms. The maximum Gasteiger partial charge on any atom is 0.337 e. The molecule has 0 spiro atoms. The molecule has 0 aliphatic heterocycles.